The maximum atomic E-state index is 12.8. The molecule has 0 bridgehead atoms. The number of ether oxygens (including phenoxy) is 2. The van der Waals surface area contributed by atoms with E-state index in [1.54, 1.807) is 23.2 Å². The zero-order valence-electron chi connectivity index (χ0n) is 15.1. The van der Waals surface area contributed by atoms with Crippen LogP contribution in [0, 0.1) is 0 Å². The van der Waals surface area contributed by atoms with Gasteiger partial charge in [-0.1, -0.05) is 24.3 Å². The maximum absolute atomic E-state index is 12.8. The van der Waals surface area contributed by atoms with Crippen LogP contribution in [0.1, 0.15) is 31.4 Å². The van der Waals surface area contributed by atoms with Crippen molar-refractivity contribution < 1.29 is 14.3 Å². The molecule has 3 heterocycles. The standard InChI is InChI=1S/C20H23N3O3/c1-14(2)26-18-17(8-5-10-21-18)22-19(24)23-11-9-20(13-23)16-7-4-3-6-15(16)12-25-20/h3-8,10,14H,9,11-13H2,1-2H3,(H,22,24). The maximum Gasteiger partial charge on any atom is 0.322 e. The Morgan fingerprint density at radius 3 is 3.00 bits per heavy atom. The number of nitrogens with one attached hydrogen (secondary N) is 1. The Labute approximate surface area is 153 Å². The summed E-state index contributed by atoms with van der Waals surface area (Å²) in [7, 11) is 0. The summed E-state index contributed by atoms with van der Waals surface area (Å²) in [4.78, 5) is 18.8. The van der Waals surface area contributed by atoms with Crippen LogP contribution in [0.5, 0.6) is 5.88 Å². The molecule has 136 valence electrons. The van der Waals surface area contributed by atoms with E-state index >= 15 is 0 Å². The average Bonchev–Trinajstić information content (AvgIpc) is 3.22. The van der Waals surface area contributed by atoms with Gasteiger partial charge in [-0.25, -0.2) is 9.78 Å². The van der Waals surface area contributed by atoms with Crippen molar-refractivity contribution >= 4 is 11.7 Å². The lowest BCUT2D eigenvalue weighted by molar-refractivity contribution is -0.0269. The van der Waals surface area contributed by atoms with E-state index in [2.05, 4.69) is 22.4 Å². The topological polar surface area (TPSA) is 63.7 Å². The first kappa shape index (κ1) is 16.8. The van der Waals surface area contributed by atoms with Gasteiger partial charge in [0.25, 0.3) is 0 Å². The van der Waals surface area contributed by atoms with E-state index in [1.807, 2.05) is 26.0 Å². The summed E-state index contributed by atoms with van der Waals surface area (Å²) in [6, 6.07) is 11.7. The zero-order chi connectivity index (χ0) is 18.1. The lowest BCUT2D eigenvalue weighted by Crippen LogP contribution is -2.37. The number of hydrogen-bond acceptors (Lipinski definition) is 4. The van der Waals surface area contributed by atoms with Gasteiger partial charge in [-0.3, -0.25) is 0 Å². The van der Waals surface area contributed by atoms with Crippen LogP contribution in [-0.2, 0) is 16.9 Å². The molecule has 2 aliphatic rings. The van der Waals surface area contributed by atoms with E-state index in [0.717, 1.165) is 6.42 Å². The normalized spacial score (nSPS) is 21.3. The summed E-state index contributed by atoms with van der Waals surface area (Å²) < 4.78 is 11.8. The SMILES string of the molecule is CC(C)Oc1ncccc1NC(=O)N1CCC2(C1)OCc1ccccc12. The van der Waals surface area contributed by atoms with Gasteiger partial charge in [-0.15, -0.1) is 0 Å². The molecule has 1 N–H and O–H groups in total. The number of nitrogens with zero attached hydrogens (tertiary/aromatic N) is 2. The fourth-order valence-electron chi connectivity index (χ4n) is 3.67. The molecule has 1 unspecified atom stereocenters. The first-order valence-corrected chi connectivity index (χ1v) is 8.97. The quantitative estimate of drug-likeness (QED) is 0.917. The number of carbonyl (C=O) groups is 1. The number of likely N-dealkylation sites (tertiary alicyclic amines) is 1. The van der Waals surface area contributed by atoms with Crippen LogP contribution in [0.15, 0.2) is 42.6 Å². The molecule has 1 aromatic carbocycles. The molecule has 2 aliphatic heterocycles. The van der Waals surface area contributed by atoms with Crippen LogP contribution < -0.4 is 10.1 Å². The summed E-state index contributed by atoms with van der Waals surface area (Å²) in [5, 5.41) is 2.93. The zero-order valence-corrected chi connectivity index (χ0v) is 15.1. The van der Waals surface area contributed by atoms with Gasteiger partial charge in [0.05, 0.1) is 19.3 Å². The Kier molecular flexibility index (Phi) is 4.28. The van der Waals surface area contributed by atoms with Crippen LogP contribution in [0.4, 0.5) is 10.5 Å². The Bertz CT molecular complexity index is 823. The third kappa shape index (κ3) is 3.01. The second-order valence-electron chi connectivity index (χ2n) is 7.06. The Balaban J connectivity index is 1.48. The fourth-order valence-corrected chi connectivity index (χ4v) is 3.67. The van der Waals surface area contributed by atoms with Crippen molar-refractivity contribution in [3.63, 3.8) is 0 Å². The molecule has 1 spiro atoms. The Hall–Kier alpha value is -2.60. The van der Waals surface area contributed by atoms with Gasteiger partial charge in [-0.05, 0) is 37.1 Å². The number of amides is 2. The molecule has 0 aliphatic carbocycles. The number of fused-ring (bicyclic) bond motifs is 2. The van der Waals surface area contributed by atoms with Crippen LogP contribution in [0.3, 0.4) is 0 Å². The molecule has 2 aromatic rings. The molecule has 26 heavy (non-hydrogen) atoms. The number of pyridine rings is 1. The average molecular weight is 353 g/mol. The van der Waals surface area contributed by atoms with Crippen molar-refractivity contribution in [2.75, 3.05) is 18.4 Å². The number of benzene rings is 1. The van der Waals surface area contributed by atoms with Crippen molar-refractivity contribution in [2.45, 2.75) is 38.6 Å². The molecule has 6 heteroatoms. The molecule has 1 saturated heterocycles. The summed E-state index contributed by atoms with van der Waals surface area (Å²) >= 11 is 0. The number of hydrogen-bond donors (Lipinski definition) is 1. The van der Waals surface area contributed by atoms with E-state index in [9.17, 15) is 4.79 Å². The molecule has 4 rings (SSSR count). The molecular weight excluding hydrogens is 330 g/mol. The first-order valence-electron chi connectivity index (χ1n) is 8.97. The van der Waals surface area contributed by atoms with E-state index in [-0.39, 0.29) is 17.7 Å². The molecule has 1 aromatic heterocycles. The lowest BCUT2D eigenvalue weighted by atomic mass is 9.92. The van der Waals surface area contributed by atoms with Crippen molar-refractivity contribution in [1.29, 1.82) is 0 Å². The van der Waals surface area contributed by atoms with E-state index in [4.69, 9.17) is 9.47 Å². The highest BCUT2D eigenvalue weighted by molar-refractivity contribution is 5.90. The van der Waals surface area contributed by atoms with Crippen molar-refractivity contribution in [2.24, 2.45) is 0 Å². The van der Waals surface area contributed by atoms with Gasteiger partial charge in [0, 0.05) is 19.2 Å². The molecular formula is C20H23N3O3. The fraction of sp³-hybridized carbons (Fsp3) is 0.400. The van der Waals surface area contributed by atoms with Gasteiger partial charge < -0.3 is 19.7 Å². The predicted molar refractivity (Wildman–Crippen MR) is 98.1 cm³/mol. The number of aromatic nitrogens is 1. The summed E-state index contributed by atoms with van der Waals surface area (Å²) in [5.41, 5.74) is 2.63. The third-order valence-electron chi connectivity index (χ3n) is 4.89. The molecule has 6 nitrogen and oxygen atoms in total. The van der Waals surface area contributed by atoms with Gasteiger partial charge in [0.1, 0.15) is 11.3 Å². The molecule has 2 amide bonds. The minimum atomic E-state index is -0.375. The van der Waals surface area contributed by atoms with Crippen molar-refractivity contribution in [1.82, 2.24) is 9.88 Å². The van der Waals surface area contributed by atoms with Crippen LogP contribution >= 0.6 is 0 Å². The van der Waals surface area contributed by atoms with E-state index < -0.39 is 0 Å². The molecule has 0 saturated carbocycles. The largest absolute Gasteiger partial charge is 0.473 e. The van der Waals surface area contributed by atoms with Crippen LogP contribution in [0.2, 0.25) is 0 Å². The van der Waals surface area contributed by atoms with E-state index in [0.29, 0.717) is 31.3 Å². The monoisotopic (exact) mass is 353 g/mol. The third-order valence-corrected chi connectivity index (χ3v) is 4.89. The van der Waals surface area contributed by atoms with Crippen LogP contribution in [-0.4, -0.2) is 35.1 Å². The second kappa shape index (κ2) is 6.61. The van der Waals surface area contributed by atoms with Gasteiger partial charge in [-0.2, -0.15) is 0 Å². The Morgan fingerprint density at radius 2 is 2.15 bits per heavy atom. The van der Waals surface area contributed by atoms with Gasteiger partial charge >= 0.3 is 6.03 Å². The number of rotatable bonds is 3. The summed E-state index contributed by atoms with van der Waals surface area (Å²) in [5.74, 6) is 0.437. The van der Waals surface area contributed by atoms with Crippen LogP contribution in [0.25, 0.3) is 0 Å². The highest BCUT2D eigenvalue weighted by Gasteiger charge is 2.46. The second-order valence-corrected chi connectivity index (χ2v) is 7.06. The number of carbonyl (C=O) groups excluding carboxylic acids is 1. The predicted octanol–water partition coefficient (Wildman–Crippen LogP) is 3.53. The van der Waals surface area contributed by atoms with Crippen molar-refractivity contribution in [3.05, 3.63) is 53.7 Å². The summed E-state index contributed by atoms with van der Waals surface area (Å²) in [6.45, 7) is 5.68. The minimum absolute atomic E-state index is 0.0148. The van der Waals surface area contributed by atoms with Crippen molar-refractivity contribution in [3.8, 4) is 5.88 Å². The first-order chi connectivity index (χ1) is 12.6. The van der Waals surface area contributed by atoms with Gasteiger partial charge in [0.15, 0.2) is 0 Å². The Morgan fingerprint density at radius 1 is 1.31 bits per heavy atom. The summed E-state index contributed by atoms with van der Waals surface area (Å²) in [6.07, 6.45) is 2.44. The molecule has 0 radical (unpaired) electrons. The minimum Gasteiger partial charge on any atom is -0.473 e. The highest BCUT2D eigenvalue weighted by atomic mass is 16.5. The van der Waals surface area contributed by atoms with Gasteiger partial charge in [0.2, 0.25) is 5.88 Å². The lowest BCUT2D eigenvalue weighted by Gasteiger charge is -2.25. The smallest absolute Gasteiger partial charge is 0.322 e. The number of urea groups is 1. The molecule has 1 fully saturated rings. The number of anilines is 1. The molecule has 1 atom stereocenters. The van der Waals surface area contributed by atoms with E-state index in [1.165, 1.54) is 11.1 Å². The highest BCUT2D eigenvalue weighted by Crippen LogP contribution is 2.43.